The number of aromatic nitrogens is 2. The van der Waals surface area contributed by atoms with E-state index >= 15 is 0 Å². The van der Waals surface area contributed by atoms with Crippen LogP contribution in [0.5, 0.6) is 0 Å². The maximum absolute atomic E-state index is 13.3. The quantitative estimate of drug-likeness (QED) is 0.811. The number of aromatic amines is 1. The molecule has 1 N–H and O–H groups in total. The Balaban J connectivity index is 2.25. The van der Waals surface area contributed by atoms with Crippen molar-refractivity contribution in [1.29, 1.82) is 0 Å². The fraction of sp³-hybridized carbons (Fsp3) is 0.100. The molecule has 0 saturated carbocycles. The highest BCUT2D eigenvalue weighted by molar-refractivity contribution is 6.30. The average Bonchev–Trinajstić information content (AvgIpc) is 2.62. The van der Waals surface area contributed by atoms with E-state index in [1.54, 1.807) is 18.3 Å². The molecule has 0 aliphatic carbocycles. The monoisotopic (exact) mass is 210 g/mol. The van der Waals surface area contributed by atoms with E-state index in [0.29, 0.717) is 17.0 Å². The number of hydrogen-bond acceptors (Lipinski definition) is 1. The standard InChI is InChI=1S/C10H8ClFN2/c11-8-2-1-7(10(12)6-8)5-9-3-4-13-14-9/h1-4,6H,5H2,(H,13,14). The van der Waals surface area contributed by atoms with Gasteiger partial charge in [-0.25, -0.2) is 4.39 Å². The Hall–Kier alpha value is -1.35. The van der Waals surface area contributed by atoms with Crippen molar-refractivity contribution in [1.82, 2.24) is 10.2 Å². The highest BCUT2D eigenvalue weighted by Crippen LogP contribution is 2.16. The van der Waals surface area contributed by atoms with E-state index in [4.69, 9.17) is 11.6 Å². The Bertz CT molecular complexity index is 426. The molecule has 2 nitrogen and oxygen atoms in total. The van der Waals surface area contributed by atoms with Gasteiger partial charge in [-0.05, 0) is 23.8 Å². The van der Waals surface area contributed by atoms with Gasteiger partial charge in [-0.3, -0.25) is 5.10 Å². The van der Waals surface area contributed by atoms with E-state index in [9.17, 15) is 4.39 Å². The van der Waals surface area contributed by atoms with Gasteiger partial charge in [0.25, 0.3) is 0 Å². The van der Waals surface area contributed by atoms with Crippen LogP contribution in [-0.4, -0.2) is 10.2 Å². The van der Waals surface area contributed by atoms with Gasteiger partial charge >= 0.3 is 0 Å². The van der Waals surface area contributed by atoms with Crippen LogP contribution in [0.3, 0.4) is 0 Å². The van der Waals surface area contributed by atoms with Crippen LogP contribution >= 0.6 is 11.6 Å². The minimum absolute atomic E-state index is 0.285. The molecule has 0 saturated heterocycles. The smallest absolute Gasteiger partial charge is 0.128 e. The van der Waals surface area contributed by atoms with Gasteiger partial charge < -0.3 is 0 Å². The molecule has 0 fully saturated rings. The summed E-state index contributed by atoms with van der Waals surface area (Å²) in [5.41, 5.74) is 1.49. The van der Waals surface area contributed by atoms with Crippen LogP contribution < -0.4 is 0 Å². The molecule has 0 spiro atoms. The Morgan fingerprint density at radius 1 is 1.36 bits per heavy atom. The topological polar surface area (TPSA) is 28.7 Å². The fourth-order valence-electron chi connectivity index (χ4n) is 1.25. The molecule has 0 unspecified atom stereocenters. The van der Waals surface area contributed by atoms with Crippen LogP contribution in [0.1, 0.15) is 11.3 Å². The third-order valence-corrected chi connectivity index (χ3v) is 2.19. The zero-order valence-electron chi connectivity index (χ0n) is 7.30. The molecule has 1 aromatic carbocycles. The minimum Gasteiger partial charge on any atom is -0.282 e. The molecule has 0 bridgehead atoms. The van der Waals surface area contributed by atoms with Crippen molar-refractivity contribution >= 4 is 11.6 Å². The molecule has 0 aliphatic heterocycles. The first-order valence-electron chi connectivity index (χ1n) is 4.18. The van der Waals surface area contributed by atoms with Gasteiger partial charge in [-0.1, -0.05) is 17.7 Å². The summed E-state index contributed by atoms with van der Waals surface area (Å²) < 4.78 is 13.3. The van der Waals surface area contributed by atoms with Crippen LogP contribution in [0.15, 0.2) is 30.5 Å². The maximum Gasteiger partial charge on any atom is 0.128 e. The van der Waals surface area contributed by atoms with E-state index in [-0.39, 0.29) is 5.82 Å². The first-order chi connectivity index (χ1) is 6.75. The number of nitrogens with zero attached hydrogens (tertiary/aromatic N) is 1. The fourth-order valence-corrected chi connectivity index (χ4v) is 1.41. The maximum atomic E-state index is 13.3. The molecular formula is C10H8ClFN2. The predicted octanol–water partition coefficient (Wildman–Crippen LogP) is 2.79. The second-order valence-corrected chi connectivity index (χ2v) is 3.43. The third kappa shape index (κ3) is 1.93. The molecule has 2 aromatic rings. The molecule has 4 heteroatoms. The minimum atomic E-state index is -0.285. The Kier molecular flexibility index (Phi) is 2.50. The summed E-state index contributed by atoms with van der Waals surface area (Å²) >= 11 is 5.64. The van der Waals surface area contributed by atoms with Crippen molar-refractivity contribution in [3.63, 3.8) is 0 Å². The van der Waals surface area contributed by atoms with Crippen LogP contribution in [0.25, 0.3) is 0 Å². The summed E-state index contributed by atoms with van der Waals surface area (Å²) in [6.07, 6.45) is 2.14. The van der Waals surface area contributed by atoms with Crippen LogP contribution in [0, 0.1) is 5.82 Å². The number of hydrogen-bond donors (Lipinski definition) is 1. The Morgan fingerprint density at radius 3 is 2.86 bits per heavy atom. The normalized spacial score (nSPS) is 10.4. The molecule has 0 atom stereocenters. The van der Waals surface area contributed by atoms with Gasteiger partial charge in [0, 0.05) is 23.3 Å². The highest BCUT2D eigenvalue weighted by atomic mass is 35.5. The summed E-state index contributed by atoms with van der Waals surface area (Å²) in [5, 5.41) is 6.98. The first-order valence-corrected chi connectivity index (χ1v) is 4.55. The van der Waals surface area contributed by atoms with Crippen molar-refractivity contribution in [2.45, 2.75) is 6.42 Å². The number of H-pyrrole nitrogens is 1. The van der Waals surface area contributed by atoms with Gasteiger partial charge in [-0.2, -0.15) is 5.10 Å². The zero-order chi connectivity index (χ0) is 9.97. The highest BCUT2D eigenvalue weighted by Gasteiger charge is 2.04. The van der Waals surface area contributed by atoms with Crippen molar-refractivity contribution < 1.29 is 4.39 Å². The first kappa shape index (κ1) is 9.21. The molecular weight excluding hydrogens is 203 g/mol. The number of benzene rings is 1. The second kappa shape index (κ2) is 3.80. The Labute approximate surface area is 85.7 Å². The lowest BCUT2D eigenvalue weighted by Gasteiger charge is -2.01. The zero-order valence-corrected chi connectivity index (χ0v) is 8.05. The molecule has 1 aromatic heterocycles. The van der Waals surface area contributed by atoms with Crippen LogP contribution in [-0.2, 0) is 6.42 Å². The molecule has 0 aliphatic rings. The number of rotatable bonds is 2. The third-order valence-electron chi connectivity index (χ3n) is 1.95. The Morgan fingerprint density at radius 2 is 2.21 bits per heavy atom. The summed E-state index contributed by atoms with van der Waals surface area (Å²) in [6, 6.07) is 6.48. The van der Waals surface area contributed by atoms with Crippen molar-refractivity contribution in [3.05, 3.63) is 52.6 Å². The van der Waals surface area contributed by atoms with Gasteiger partial charge in [0.2, 0.25) is 0 Å². The van der Waals surface area contributed by atoms with E-state index in [1.165, 1.54) is 6.07 Å². The lowest BCUT2D eigenvalue weighted by Crippen LogP contribution is -1.92. The van der Waals surface area contributed by atoms with Crippen molar-refractivity contribution in [3.8, 4) is 0 Å². The van der Waals surface area contributed by atoms with Gasteiger partial charge in [0.15, 0.2) is 0 Å². The van der Waals surface area contributed by atoms with Gasteiger partial charge in [0.1, 0.15) is 5.82 Å². The van der Waals surface area contributed by atoms with Crippen LogP contribution in [0.4, 0.5) is 4.39 Å². The molecule has 14 heavy (non-hydrogen) atoms. The van der Waals surface area contributed by atoms with E-state index in [1.807, 2.05) is 6.07 Å². The molecule has 1 heterocycles. The van der Waals surface area contributed by atoms with E-state index < -0.39 is 0 Å². The SMILES string of the molecule is Fc1cc(Cl)ccc1Cc1ccn[nH]1. The van der Waals surface area contributed by atoms with Crippen molar-refractivity contribution in [2.75, 3.05) is 0 Å². The lowest BCUT2D eigenvalue weighted by molar-refractivity contribution is 0.613. The van der Waals surface area contributed by atoms with Gasteiger partial charge in [0.05, 0.1) is 0 Å². The predicted molar refractivity (Wildman–Crippen MR) is 52.8 cm³/mol. The van der Waals surface area contributed by atoms with E-state index in [2.05, 4.69) is 10.2 Å². The van der Waals surface area contributed by atoms with Crippen molar-refractivity contribution in [2.24, 2.45) is 0 Å². The average molecular weight is 211 g/mol. The summed E-state index contributed by atoms with van der Waals surface area (Å²) in [4.78, 5) is 0. The van der Waals surface area contributed by atoms with E-state index in [0.717, 1.165) is 5.69 Å². The summed E-state index contributed by atoms with van der Waals surface area (Å²) in [7, 11) is 0. The van der Waals surface area contributed by atoms with Crippen LogP contribution in [0.2, 0.25) is 5.02 Å². The molecule has 0 amide bonds. The summed E-state index contributed by atoms with van der Waals surface area (Å²) in [6.45, 7) is 0. The largest absolute Gasteiger partial charge is 0.282 e. The second-order valence-electron chi connectivity index (χ2n) is 2.99. The van der Waals surface area contributed by atoms with Gasteiger partial charge in [-0.15, -0.1) is 0 Å². The lowest BCUT2D eigenvalue weighted by atomic mass is 10.1. The molecule has 0 radical (unpaired) electrons. The summed E-state index contributed by atoms with van der Waals surface area (Å²) in [5.74, 6) is -0.285. The molecule has 72 valence electrons. The number of nitrogens with one attached hydrogen (secondary N) is 1. The number of halogens is 2. The molecule has 2 rings (SSSR count).